The molecule has 39 heavy (non-hydrogen) atoms. The Bertz CT molecular complexity index is 1610. The summed E-state index contributed by atoms with van der Waals surface area (Å²) < 4.78 is 70.3. The molecule has 202 valence electrons. The van der Waals surface area contributed by atoms with Crippen LogP contribution in [0.2, 0.25) is 5.02 Å². The van der Waals surface area contributed by atoms with E-state index in [2.05, 4.69) is 15.4 Å². The molecule has 5 rings (SSSR count). The van der Waals surface area contributed by atoms with Gasteiger partial charge in [0, 0.05) is 17.7 Å². The van der Waals surface area contributed by atoms with E-state index in [1.54, 1.807) is 0 Å². The van der Waals surface area contributed by atoms with Crippen molar-refractivity contribution in [3.8, 4) is 11.3 Å². The van der Waals surface area contributed by atoms with E-state index in [0.717, 1.165) is 27.9 Å². The molecule has 0 unspecified atom stereocenters. The van der Waals surface area contributed by atoms with E-state index >= 15 is 0 Å². The Kier molecular flexibility index (Phi) is 6.62. The largest absolute Gasteiger partial charge is 0.418 e. The third kappa shape index (κ3) is 4.97. The zero-order valence-corrected chi connectivity index (χ0v) is 20.5. The molecule has 1 aliphatic heterocycles. The van der Waals surface area contributed by atoms with Crippen LogP contribution in [0.5, 0.6) is 0 Å². The molecule has 0 aliphatic carbocycles. The Morgan fingerprint density at radius 3 is 2.59 bits per heavy atom. The van der Waals surface area contributed by atoms with Gasteiger partial charge in [-0.15, -0.1) is 0 Å². The standard InChI is InChI=1S/C25H18ClF5N6O2/c26-17-5-4-12(20-8-16(25(29,30)31)21-22(32)33-11-34-37(20)21)7-15(17)23(38)35-19-10-36(9-18(19)28)24(39)13-2-1-3-14(27)6-13/h1-8,11,18-19H,9-10H2,(H,35,38)(H2,32,33,34)/t18-,19+/m0/s1. The molecule has 14 heteroatoms. The Hall–Kier alpha value is -4.26. The molecule has 1 aliphatic rings. The van der Waals surface area contributed by atoms with Crippen molar-refractivity contribution in [2.75, 3.05) is 18.8 Å². The van der Waals surface area contributed by atoms with Crippen LogP contribution in [0.3, 0.4) is 0 Å². The molecule has 0 radical (unpaired) electrons. The van der Waals surface area contributed by atoms with Gasteiger partial charge in [-0.25, -0.2) is 18.3 Å². The number of halogens is 6. The van der Waals surface area contributed by atoms with Crippen LogP contribution in [0.15, 0.2) is 54.9 Å². The second-order valence-corrected chi connectivity index (χ2v) is 9.26. The number of carbonyl (C=O) groups excluding carboxylic acids is 2. The van der Waals surface area contributed by atoms with Crippen molar-refractivity contribution < 1.29 is 31.5 Å². The van der Waals surface area contributed by atoms with E-state index in [1.807, 2.05) is 0 Å². The van der Waals surface area contributed by atoms with Crippen LogP contribution in [0, 0.1) is 5.82 Å². The molecule has 1 saturated heterocycles. The fourth-order valence-electron chi connectivity index (χ4n) is 4.46. The number of nitrogens with one attached hydrogen (secondary N) is 1. The number of amides is 2. The van der Waals surface area contributed by atoms with Gasteiger partial charge < -0.3 is 16.0 Å². The van der Waals surface area contributed by atoms with Crippen LogP contribution in [-0.2, 0) is 6.18 Å². The number of benzene rings is 2. The Labute approximate surface area is 222 Å². The summed E-state index contributed by atoms with van der Waals surface area (Å²) in [4.78, 5) is 30.5. The fraction of sp³-hybridized carbons (Fsp3) is 0.200. The van der Waals surface area contributed by atoms with Crippen molar-refractivity contribution in [2.24, 2.45) is 0 Å². The maximum atomic E-state index is 14.8. The van der Waals surface area contributed by atoms with Crippen molar-refractivity contribution in [1.29, 1.82) is 0 Å². The van der Waals surface area contributed by atoms with E-state index in [9.17, 15) is 31.5 Å². The van der Waals surface area contributed by atoms with E-state index in [4.69, 9.17) is 17.3 Å². The van der Waals surface area contributed by atoms with Gasteiger partial charge in [-0.1, -0.05) is 23.7 Å². The Balaban J connectivity index is 1.41. The monoisotopic (exact) mass is 564 g/mol. The number of fused-ring (bicyclic) bond motifs is 1. The molecule has 1 fully saturated rings. The van der Waals surface area contributed by atoms with Gasteiger partial charge in [0.2, 0.25) is 0 Å². The number of aromatic nitrogens is 3. The van der Waals surface area contributed by atoms with Crippen LogP contribution in [0.4, 0.5) is 27.8 Å². The first-order valence-corrected chi connectivity index (χ1v) is 11.8. The first-order chi connectivity index (χ1) is 18.4. The number of likely N-dealkylation sites (tertiary alicyclic amines) is 1. The average molecular weight is 565 g/mol. The van der Waals surface area contributed by atoms with E-state index in [0.29, 0.717) is 0 Å². The number of rotatable bonds is 4. The van der Waals surface area contributed by atoms with E-state index in [1.165, 1.54) is 36.4 Å². The maximum absolute atomic E-state index is 14.8. The highest BCUT2D eigenvalue weighted by atomic mass is 35.5. The van der Waals surface area contributed by atoms with Crippen molar-refractivity contribution >= 4 is 34.7 Å². The minimum atomic E-state index is -4.76. The molecule has 8 nitrogen and oxygen atoms in total. The zero-order chi connectivity index (χ0) is 28.1. The molecule has 2 aromatic heterocycles. The Morgan fingerprint density at radius 1 is 1.10 bits per heavy atom. The topological polar surface area (TPSA) is 106 Å². The lowest BCUT2D eigenvalue weighted by Crippen LogP contribution is -2.41. The molecule has 3 heterocycles. The smallest absolute Gasteiger partial charge is 0.382 e. The van der Waals surface area contributed by atoms with Crippen LogP contribution in [-0.4, -0.2) is 56.6 Å². The summed E-state index contributed by atoms with van der Waals surface area (Å²) >= 11 is 6.21. The lowest BCUT2D eigenvalue weighted by atomic mass is 10.1. The summed E-state index contributed by atoms with van der Waals surface area (Å²) in [6.07, 6.45) is -5.40. The summed E-state index contributed by atoms with van der Waals surface area (Å²) in [6.45, 7) is -0.514. The lowest BCUT2D eigenvalue weighted by Gasteiger charge is -2.17. The highest BCUT2D eigenvalue weighted by Crippen LogP contribution is 2.39. The molecule has 0 spiro atoms. The van der Waals surface area contributed by atoms with Gasteiger partial charge in [0.1, 0.15) is 23.8 Å². The number of anilines is 1. The molecular formula is C25H18ClF5N6O2. The van der Waals surface area contributed by atoms with E-state index in [-0.39, 0.29) is 46.3 Å². The summed E-state index contributed by atoms with van der Waals surface area (Å²) in [7, 11) is 0. The van der Waals surface area contributed by atoms with Crippen LogP contribution < -0.4 is 11.1 Å². The van der Waals surface area contributed by atoms with Gasteiger partial charge in [0.05, 0.1) is 34.4 Å². The number of nitrogen functional groups attached to an aromatic ring is 1. The molecule has 2 atom stereocenters. The molecule has 3 N–H and O–H groups in total. The predicted octanol–water partition coefficient (Wildman–Crippen LogP) is 4.38. The average Bonchev–Trinajstić information content (AvgIpc) is 3.45. The molecule has 2 amide bonds. The van der Waals surface area contributed by atoms with Gasteiger partial charge in [0.15, 0.2) is 5.82 Å². The van der Waals surface area contributed by atoms with Gasteiger partial charge in [-0.3, -0.25) is 9.59 Å². The third-order valence-electron chi connectivity index (χ3n) is 6.32. The summed E-state index contributed by atoms with van der Waals surface area (Å²) in [5, 5.41) is 6.33. The minimum Gasteiger partial charge on any atom is -0.382 e. The minimum absolute atomic E-state index is 0.0340. The zero-order valence-electron chi connectivity index (χ0n) is 19.7. The second kappa shape index (κ2) is 9.80. The van der Waals surface area contributed by atoms with E-state index < -0.39 is 47.1 Å². The summed E-state index contributed by atoms with van der Waals surface area (Å²) in [5.74, 6) is -2.41. The van der Waals surface area contributed by atoms with Gasteiger partial charge >= 0.3 is 6.18 Å². The first-order valence-electron chi connectivity index (χ1n) is 11.4. The molecule has 0 bridgehead atoms. The SMILES string of the molecule is Nc1ncnn2c(-c3ccc(Cl)c(C(=O)N[C@@H]4CN(C(=O)c5cccc(F)c5)C[C@@H]4F)c3)cc(C(F)(F)F)c12. The van der Waals surface area contributed by atoms with Crippen LogP contribution >= 0.6 is 11.6 Å². The normalized spacial score (nSPS) is 17.5. The summed E-state index contributed by atoms with van der Waals surface area (Å²) in [6, 6.07) is 8.62. The molecule has 2 aromatic carbocycles. The summed E-state index contributed by atoms with van der Waals surface area (Å²) in [5.41, 5.74) is 4.19. The number of hydrogen-bond donors (Lipinski definition) is 2. The molecule has 0 saturated carbocycles. The first kappa shape index (κ1) is 26.4. The number of nitrogens with zero attached hydrogens (tertiary/aromatic N) is 4. The number of nitrogens with two attached hydrogens (primary N) is 1. The van der Waals surface area contributed by atoms with Crippen LogP contribution in [0.1, 0.15) is 26.3 Å². The molecule has 4 aromatic rings. The lowest BCUT2D eigenvalue weighted by molar-refractivity contribution is -0.136. The van der Waals surface area contributed by atoms with Gasteiger partial charge in [-0.05, 0) is 36.4 Å². The van der Waals surface area contributed by atoms with Crippen molar-refractivity contribution in [2.45, 2.75) is 18.4 Å². The number of hydrogen-bond acceptors (Lipinski definition) is 5. The maximum Gasteiger partial charge on any atom is 0.418 e. The van der Waals surface area contributed by atoms with Crippen molar-refractivity contribution in [1.82, 2.24) is 24.8 Å². The third-order valence-corrected chi connectivity index (χ3v) is 6.65. The number of alkyl halides is 4. The highest BCUT2D eigenvalue weighted by Gasteiger charge is 2.38. The quantitative estimate of drug-likeness (QED) is 0.358. The fourth-order valence-corrected chi connectivity index (χ4v) is 4.67. The van der Waals surface area contributed by atoms with Crippen LogP contribution in [0.25, 0.3) is 16.8 Å². The predicted molar refractivity (Wildman–Crippen MR) is 131 cm³/mol. The van der Waals surface area contributed by atoms with Crippen molar-refractivity contribution in [3.63, 3.8) is 0 Å². The van der Waals surface area contributed by atoms with Gasteiger partial charge in [-0.2, -0.15) is 18.3 Å². The highest BCUT2D eigenvalue weighted by molar-refractivity contribution is 6.34. The second-order valence-electron chi connectivity index (χ2n) is 8.86. The number of carbonyl (C=O) groups is 2. The Morgan fingerprint density at radius 2 is 1.87 bits per heavy atom. The molecular weight excluding hydrogens is 547 g/mol. The van der Waals surface area contributed by atoms with Crippen molar-refractivity contribution in [3.05, 3.63) is 82.4 Å². The van der Waals surface area contributed by atoms with Gasteiger partial charge in [0.25, 0.3) is 11.8 Å².